The van der Waals surface area contributed by atoms with Gasteiger partial charge in [-0.2, -0.15) is 5.26 Å². The predicted octanol–water partition coefficient (Wildman–Crippen LogP) is 3.62. The Morgan fingerprint density at radius 2 is 1.85 bits per heavy atom. The highest BCUT2D eigenvalue weighted by Crippen LogP contribution is 2.62. The Morgan fingerprint density at radius 3 is 2.44 bits per heavy atom. The van der Waals surface area contributed by atoms with E-state index in [0.717, 1.165) is 22.5 Å². The van der Waals surface area contributed by atoms with Crippen LogP contribution in [0.2, 0.25) is 0 Å². The molecule has 4 atom stereocenters. The van der Waals surface area contributed by atoms with Gasteiger partial charge in [-0.1, -0.05) is 23.4 Å². The van der Waals surface area contributed by atoms with Gasteiger partial charge in [0.1, 0.15) is 17.1 Å². The molecule has 0 radical (unpaired) electrons. The molecule has 11 heteroatoms. The number of carbonyl (C=O) groups is 2. The Morgan fingerprint density at radius 1 is 1.13 bits per heavy atom. The fourth-order valence-corrected chi connectivity index (χ4v) is 5.72. The molecule has 1 aliphatic carbocycles. The highest BCUT2D eigenvalue weighted by molar-refractivity contribution is 5.90. The monoisotopic (exact) mass is 527 g/mol. The number of cyclic esters (lactones) is 1. The molecular formula is C28H29N7O4. The Labute approximate surface area is 225 Å². The van der Waals surface area contributed by atoms with Gasteiger partial charge in [-0.3, -0.25) is 9.88 Å². The number of hydrogen-bond acceptors (Lipinski definition) is 8. The van der Waals surface area contributed by atoms with Crippen molar-refractivity contribution in [3.8, 4) is 17.2 Å². The van der Waals surface area contributed by atoms with Crippen LogP contribution in [0.5, 0.6) is 0 Å². The fraction of sp³-hybridized carbons (Fsp3) is 0.429. The van der Waals surface area contributed by atoms with E-state index in [0.29, 0.717) is 26.2 Å². The maximum atomic E-state index is 12.4. The van der Waals surface area contributed by atoms with Crippen molar-refractivity contribution in [2.75, 3.05) is 24.5 Å². The molecule has 2 aromatic heterocycles. The van der Waals surface area contributed by atoms with Crippen LogP contribution in [0.25, 0.3) is 11.1 Å². The van der Waals surface area contributed by atoms with Gasteiger partial charge in [-0.05, 0) is 44.5 Å². The summed E-state index contributed by atoms with van der Waals surface area (Å²) < 4.78 is 12.6. The van der Waals surface area contributed by atoms with Gasteiger partial charge < -0.3 is 14.4 Å². The summed E-state index contributed by atoms with van der Waals surface area (Å²) in [5.74, 6) is 0.113. The van der Waals surface area contributed by atoms with Crippen molar-refractivity contribution < 1.29 is 19.1 Å². The molecule has 3 aliphatic rings. The zero-order valence-corrected chi connectivity index (χ0v) is 22.0. The number of nitrogens with zero attached hydrogens (tertiary/aromatic N) is 7. The lowest BCUT2D eigenvalue weighted by atomic mass is 9.95. The number of rotatable bonds is 5. The van der Waals surface area contributed by atoms with Crippen LogP contribution in [-0.2, 0) is 21.4 Å². The second kappa shape index (κ2) is 9.08. The quantitative estimate of drug-likeness (QED) is 0.492. The van der Waals surface area contributed by atoms with Gasteiger partial charge in [-0.25, -0.2) is 14.3 Å². The van der Waals surface area contributed by atoms with Crippen LogP contribution in [0.15, 0.2) is 55.0 Å². The van der Waals surface area contributed by atoms with Crippen LogP contribution in [-0.4, -0.2) is 68.4 Å². The molecule has 0 spiro atoms. The molecule has 3 aromatic rings. The summed E-state index contributed by atoms with van der Waals surface area (Å²) in [6.45, 7) is 7.41. The molecular weight excluding hydrogens is 498 g/mol. The molecule has 0 bridgehead atoms. The van der Waals surface area contributed by atoms with Gasteiger partial charge >= 0.3 is 12.2 Å². The zero-order valence-electron chi connectivity index (χ0n) is 22.0. The molecule has 1 unspecified atom stereocenters. The summed E-state index contributed by atoms with van der Waals surface area (Å²) in [4.78, 5) is 32.8. The van der Waals surface area contributed by atoms with Crippen molar-refractivity contribution in [3.63, 3.8) is 0 Å². The molecule has 2 aliphatic heterocycles. The SMILES string of the molecule is CC(C)(C)OC(=O)N1C[C@@H]2[C@H](C1)C2(C#N)c1ccc(-c2ccc(N3C[C@H](Cn4ccnn4)OC3=O)cc2)cn1. The third-order valence-electron chi connectivity index (χ3n) is 7.65. The minimum Gasteiger partial charge on any atom is -0.444 e. The molecule has 0 N–H and O–H groups in total. The van der Waals surface area contributed by atoms with Crippen LogP contribution >= 0.6 is 0 Å². The minimum atomic E-state index is -0.667. The van der Waals surface area contributed by atoms with Gasteiger partial charge in [0.05, 0.1) is 31.0 Å². The highest BCUT2D eigenvalue weighted by Gasteiger charge is 2.71. The maximum Gasteiger partial charge on any atom is 0.414 e. The Kier molecular flexibility index (Phi) is 5.79. The van der Waals surface area contributed by atoms with Crippen LogP contribution in [0.4, 0.5) is 15.3 Å². The largest absolute Gasteiger partial charge is 0.444 e. The number of benzene rings is 1. The van der Waals surface area contributed by atoms with E-state index in [9.17, 15) is 14.9 Å². The first-order chi connectivity index (χ1) is 18.7. The number of ether oxygens (including phenoxy) is 2. The van der Waals surface area contributed by atoms with E-state index in [1.54, 1.807) is 33.1 Å². The standard InChI is InChI=1S/C28H29N7O4/c1-27(2,3)39-25(36)33-15-22-23(16-33)28(22,17-29)24-9-6-19(12-30-24)18-4-7-20(8-5-18)35-14-21(38-26(35)37)13-34-11-10-31-32-34/h4-12,21-23H,13-16H2,1-3H3/t21-,22-,23+,28?/m0/s1. The summed E-state index contributed by atoms with van der Waals surface area (Å²) in [6.07, 6.45) is 4.08. The van der Waals surface area contributed by atoms with E-state index >= 15 is 0 Å². The molecule has 200 valence electrons. The molecule has 2 saturated heterocycles. The Hall–Kier alpha value is -4.46. The highest BCUT2D eigenvalue weighted by atomic mass is 16.6. The first-order valence-corrected chi connectivity index (χ1v) is 13.0. The van der Waals surface area contributed by atoms with E-state index in [2.05, 4.69) is 21.4 Å². The number of amides is 2. The van der Waals surface area contributed by atoms with E-state index in [1.807, 2.05) is 57.2 Å². The average Bonchev–Trinajstić information content (AvgIpc) is 3.41. The zero-order chi connectivity index (χ0) is 27.4. The molecule has 1 saturated carbocycles. The number of fused-ring (bicyclic) bond motifs is 1. The summed E-state index contributed by atoms with van der Waals surface area (Å²) >= 11 is 0. The van der Waals surface area contributed by atoms with Crippen LogP contribution in [0.1, 0.15) is 26.5 Å². The lowest BCUT2D eigenvalue weighted by Crippen LogP contribution is -2.39. The fourth-order valence-electron chi connectivity index (χ4n) is 5.72. The number of hydrogen-bond donors (Lipinski definition) is 0. The molecule has 4 heterocycles. The van der Waals surface area contributed by atoms with Gasteiger partial charge in [0.2, 0.25) is 0 Å². The first-order valence-electron chi connectivity index (χ1n) is 13.0. The smallest absolute Gasteiger partial charge is 0.414 e. The second-order valence-electron chi connectivity index (χ2n) is 11.3. The number of likely N-dealkylation sites (tertiary alicyclic amines) is 1. The second-order valence-corrected chi connectivity index (χ2v) is 11.3. The normalized spacial score (nSPS) is 25.7. The van der Waals surface area contributed by atoms with E-state index in [1.165, 1.54) is 0 Å². The summed E-state index contributed by atoms with van der Waals surface area (Å²) in [6, 6.07) is 14.0. The molecule has 39 heavy (non-hydrogen) atoms. The van der Waals surface area contributed by atoms with Crippen LogP contribution in [0, 0.1) is 23.2 Å². The summed E-state index contributed by atoms with van der Waals surface area (Å²) in [7, 11) is 0. The van der Waals surface area contributed by atoms with Gasteiger partial charge in [0, 0.05) is 48.6 Å². The van der Waals surface area contributed by atoms with Crippen molar-refractivity contribution >= 4 is 17.9 Å². The number of nitriles is 1. The van der Waals surface area contributed by atoms with E-state index < -0.39 is 11.0 Å². The number of anilines is 1. The maximum absolute atomic E-state index is 12.4. The Balaban J connectivity index is 1.10. The van der Waals surface area contributed by atoms with E-state index in [4.69, 9.17) is 9.47 Å². The van der Waals surface area contributed by atoms with Crippen molar-refractivity contribution in [2.24, 2.45) is 11.8 Å². The third kappa shape index (κ3) is 4.46. The number of piperidine rings is 1. The molecule has 6 rings (SSSR count). The van der Waals surface area contributed by atoms with Gasteiger partial charge in [-0.15, -0.1) is 5.10 Å². The van der Waals surface area contributed by atoms with Crippen molar-refractivity contribution in [3.05, 3.63) is 60.7 Å². The molecule has 2 amide bonds. The lowest BCUT2D eigenvalue weighted by Gasteiger charge is -2.27. The number of aromatic nitrogens is 4. The lowest BCUT2D eigenvalue weighted by molar-refractivity contribution is 0.0265. The van der Waals surface area contributed by atoms with E-state index in [-0.39, 0.29) is 30.1 Å². The number of pyridine rings is 1. The average molecular weight is 528 g/mol. The molecule has 3 fully saturated rings. The van der Waals surface area contributed by atoms with Crippen molar-refractivity contribution in [1.82, 2.24) is 24.9 Å². The molecule has 11 nitrogen and oxygen atoms in total. The van der Waals surface area contributed by atoms with Gasteiger partial charge in [0.15, 0.2) is 0 Å². The number of carbonyl (C=O) groups excluding carboxylic acids is 2. The van der Waals surface area contributed by atoms with Crippen LogP contribution < -0.4 is 4.90 Å². The topological polar surface area (TPSA) is 126 Å². The summed E-state index contributed by atoms with van der Waals surface area (Å²) in [5, 5.41) is 17.8. The van der Waals surface area contributed by atoms with Crippen molar-refractivity contribution in [2.45, 2.75) is 44.4 Å². The predicted molar refractivity (Wildman–Crippen MR) is 139 cm³/mol. The minimum absolute atomic E-state index is 0.0567. The third-order valence-corrected chi connectivity index (χ3v) is 7.65. The Bertz CT molecular complexity index is 1410. The van der Waals surface area contributed by atoms with Crippen molar-refractivity contribution in [1.29, 1.82) is 5.26 Å². The van der Waals surface area contributed by atoms with Gasteiger partial charge in [0.25, 0.3) is 0 Å². The molecule has 1 aromatic carbocycles. The summed E-state index contributed by atoms with van der Waals surface area (Å²) in [5.41, 5.74) is 2.13. The van der Waals surface area contributed by atoms with Crippen LogP contribution in [0.3, 0.4) is 0 Å². The first kappa shape index (κ1) is 24.9.